The molecule has 0 spiro atoms. The summed E-state index contributed by atoms with van der Waals surface area (Å²) in [4.78, 5) is 4.51. The minimum atomic E-state index is 0.791. The average molecular weight is 314 g/mol. The van der Waals surface area contributed by atoms with Gasteiger partial charge in [0, 0.05) is 12.7 Å². The molecule has 2 nitrogen and oxygen atoms in total. The van der Waals surface area contributed by atoms with Crippen LogP contribution >= 0.6 is 0 Å². The average Bonchev–Trinajstić information content (AvgIpc) is 2.66. The molecule has 2 aromatic carbocycles. The molecule has 1 N–H and O–H groups in total. The first kappa shape index (κ1) is 16.0. The van der Waals surface area contributed by atoms with E-state index in [1.165, 1.54) is 16.7 Å². The smallest absolute Gasteiger partial charge is 0.129 e. The first-order valence-corrected chi connectivity index (χ1v) is 8.28. The lowest BCUT2D eigenvalue weighted by molar-refractivity contribution is 0.943. The summed E-state index contributed by atoms with van der Waals surface area (Å²) in [7, 11) is 0. The summed E-state index contributed by atoms with van der Waals surface area (Å²) in [5, 5.41) is 3.46. The number of nitrogens with zero attached hydrogens (tertiary/aromatic N) is 1. The molecular formula is C22H22N2. The van der Waals surface area contributed by atoms with E-state index in [0.29, 0.717) is 0 Å². The highest BCUT2D eigenvalue weighted by Crippen LogP contribution is 2.16. The SMILES string of the molecule is C=Cc1ccc(CCc2cccnc2NCc2ccccc2)cc1. The summed E-state index contributed by atoms with van der Waals surface area (Å²) >= 11 is 0. The van der Waals surface area contributed by atoms with E-state index in [1.807, 2.05) is 24.4 Å². The highest BCUT2D eigenvalue weighted by Gasteiger charge is 2.04. The molecule has 0 unspecified atom stereocenters. The molecule has 0 saturated heterocycles. The Morgan fingerprint density at radius 2 is 1.62 bits per heavy atom. The van der Waals surface area contributed by atoms with Gasteiger partial charge in [-0.1, -0.05) is 73.3 Å². The van der Waals surface area contributed by atoms with E-state index in [4.69, 9.17) is 0 Å². The van der Waals surface area contributed by atoms with Crippen LogP contribution in [0.5, 0.6) is 0 Å². The number of rotatable bonds is 7. The molecule has 0 aliphatic carbocycles. The van der Waals surface area contributed by atoms with Gasteiger partial charge in [-0.25, -0.2) is 4.98 Å². The first-order chi connectivity index (χ1) is 11.8. The van der Waals surface area contributed by atoms with Crippen LogP contribution in [0.4, 0.5) is 5.82 Å². The van der Waals surface area contributed by atoms with Gasteiger partial charge >= 0.3 is 0 Å². The Hall–Kier alpha value is -2.87. The molecular weight excluding hydrogens is 292 g/mol. The lowest BCUT2D eigenvalue weighted by Gasteiger charge is -2.11. The molecule has 3 rings (SSSR count). The highest BCUT2D eigenvalue weighted by atomic mass is 15.0. The monoisotopic (exact) mass is 314 g/mol. The number of pyridine rings is 1. The van der Waals surface area contributed by atoms with Gasteiger partial charge in [-0.05, 0) is 41.2 Å². The Kier molecular flexibility index (Phi) is 5.41. The van der Waals surface area contributed by atoms with Crippen molar-refractivity contribution in [2.75, 3.05) is 5.32 Å². The van der Waals surface area contributed by atoms with E-state index in [1.54, 1.807) is 0 Å². The van der Waals surface area contributed by atoms with Crippen LogP contribution in [-0.2, 0) is 19.4 Å². The van der Waals surface area contributed by atoms with Crippen molar-refractivity contribution in [2.24, 2.45) is 0 Å². The van der Waals surface area contributed by atoms with Gasteiger partial charge in [0.25, 0.3) is 0 Å². The van der Waals surface area contributed by atoms with E-state index in [2.05, 4.69) is 71.5 Å². The van der Waals surface area contributed by atoms with Crippen molar-refractivity contribution in [3.63, 3.8) is 0 Å². The standard InChI is InChI=1S/C22H22N2/c1-2-18-10-12-19(13-11-18)14-15-21-9-6-16-23-22(21)24-17-20-7-4-3-5-8-20/h2-13,16H,1,14-15,17H2,(H,23,24). The second-order valence-electron chi connectivity index (χ2n) is 5.80. The summed E-state index contributed by atoms with van der Waals surface area (Å²) in [6, 6.07) is 23.1. The van der Waals surface area contributed by atoms with Crippen molar-refractivity contribution in [2.45, 2.75) is 19.4 Å². The van der Waals surface area contributed by atoms with E-state index in [-0.39, 0.29) is 0 Å². The maximum absolute atomic E-state index is 4.51. The Morgan fingerprint density at radius 3 is 2.38 bits per heavy atom. The van der Waals surface area contributed by atoms with Crippen molar-refractivity contribution in [1.82, 2.24) is 4.98 Å². The van der Waals surface area contributed by atoms with Gasteiger partial charge in [0.15, 0.2) is 0 Å². The van der Waals surface area contributed by atoms with Gasteiger partial charge in [-0.2, -0.15) is 0 Å². The maximum atomic E-state index is 4.51. The van der Waals surface area contributed by atoms with Crippen LogP contribution in [0.15, 0.2) is 79.5 Å². The molecule has 120 valence electrons. The predicted octanol–water partition coefficient (Wildman–Crippen LogP) is 5.12. The third kappa shape index (κ3) is 4.32. The summed E-state index contributed by atoms with van der Waals surface area (Å²) in [5.74, 6) is 0.976. The van der Waals surface area contributed by atoms with Crippen LogP contribution < -0.4 is 5.32 Å². The van der Waals surface area contributed by atoms with Crippen LogP contribution in [-0.4, -0.2) is 4.98 Å². The molecule has 1 aromatic heterocycles. The molecule has 0 radical (unpaired) electrons. The lowest BCUT2D eigenvalue weighted by atomic mass is 10.0. The first-order valence-electron chi connectivity index (χ1n) is 8.28. The molecule has 0 aliphatic rings. The summed E-state index contributed by atoms with van der Waals surface area (Å²) in [5.41, 5.74) is 5.00. The zero-order valence-corrected chi connectivity index (χ0v) is 13.8. The minimum absolute atomic E-state index is 0.791. The predicted molar refractivity (Wildman–Crippen MR) is 102 cm³/mol. The van der Waals surface area contributed by atoms with Gasteiger partial charge in [0.05, 0.1) is 0 Å². The zero-order chi connectivity index (χ0) is 16.6. The van der Waals surface area contributed by atoms with Gasteiger partial charge in [0.1, 0.15) is 5.82 Å². The Morgan fingerprint density at radius 1 is 0.833 bits per heavy atom. The van der Waals surface area contributed by atoms with Crippen LogP contribution in [0.2, 0.25) is 0 Å². The molecule has 1 heterocycles. The van der Waals surface area contributed by atoms with Crippen molar-refractivity contribution in [3.8, 4) is 0 Å². The van der Waals surface area contributed by atoms with Crippen molar-refractivity contribution in [3.05, 3.63) is 102 Å². The maximum Gasteiger partial charge on any atom is 0.129 e. The fourth-order valence-electron chi connectivity index (χ4n) is 2.68. The van der Waals surface area contributed by atoms with Gasteiger partial charge < -0.3 is 5.32 Å². The molecule has 24 heavy (non-hydrogen) atoms. The largest absolute Gasteiger partial charge is 0.366 e. The molecule has 0 atom stereocenters. The van der Waals surface area contributed by atoms with Gasteiger partial charge in [-0.15, -0.1) is 0 Å². The summed E-state index contributed by atoms with van der Waals surface area (Å²) in [6.45, 7) is 4.59. The van der Waals surface area contributed by atoms with Crippen LogP contribution in [0, 0.1) is 0 Å². The number of nitrogens with one attached hydrogen (secondary N) is 1. The third-order valence-corrected chi connectivity index (χ3v) is 4.09. The lowest BCUT2D eigenvalue weighted by Crippen LogP contribution is -2.05. The van der Waals surface area contributed by atoms with Crippen molar-refractivity contribution >= 4 is 11.9 Å². The number of hydrogen-bond acceptors (Lipinski definition) is 2. The van der Waals surface area contributed by atoms with E-state index < -0.39 is 0 Å². The second-order valence-corrected chi connectivity index (χ2v) is 5.80. The highest BCUT2D eigenvalue weighted by molar-refractivity contribution is 5.48. The molecule has 0 saturated carbocycles. The van der Waals surface area contributed by atoms with Crippen molar-refractivity contribution < 1.29 is 0 Å². The van der Waals surface area contributed by atoms with E-state index in [0.717, 1.165) is 30.8 Å². The second kappa shape index (κ2) is 8.11. The number of anilines is 1. The van der Waals surface area contributed by atoms with Gasteiger partial charge in [-0.3, -0.25) is 0 Å². The molecule has 0 amide bonds. The molecule has 2 heteroatoms. The number of aromatic nitrogens is 1. The summed E-state index contributed by atoms with van der Waals surface area (Å²) in [6.07, 6.45) is 5.69. The fraction of sp³-hybridized carbons (Fsp3) is 0.136. The van der Waals surface area contributed by atoms with Crippen LogP contribution in [0.25, 0.3) is 6.08 Å². The quantitative estimate of drug-likeness (QED) is 0.654. The van der Waals surface area contributed by atoms with Gasteiger partial charge in [0.2, 0.25) is 0 Å². The topological polar surface area (TPSA) is 24.9 Å². The molecule has 3 aromatic rings. The Bertz CT molecular complexity index is 777. The van der Waals surface area contributed by atoms with E-state index >= 15 is 0 Å². The number of benzene rings is 2. The normalized spacial score (nSPS) is 10.3. The molecule has 0 bridgehead atoms. The van der Waals surface area contributed by atoms with Crippen LogP contribution in [0.1, 0.15) is 22.3 Å². The van der Waals surface area contributed by atoms with Crippen LogP contribution in [0.3, 0.4) is 0 Å². The number of aryl methyl sites for hydroxylation is 2. The third-order valence-electron chi connectivity index (χ3n) is 4.09. The Balaban J connectivity index is 1.63. The molecule has 0 aliphatic heterocycles. The zero-order valence-electron chi connectivity index (χ0n) is 13.8. The molecule has 0 fully saturated rings. The Labute approximate surface area is 143 Å². The number of hydrogen-bond donors (Lipinski definition) is 1. The minimum Gasteiger partial charge on any atom is -0.366 e. The van der Waals surface area contributed by atoms with E-state index in [9.17, 15) is 0 Å². The summed E-state index contributed by atoms with van der Waals surface area (Å²) < 4.78 is 0. The van der Waals surface area contributed by atoms with Crippen molar-refractivity contribution in [1.29, 1.82) is 0 Å². The fourth-order valence-corrected chi connectivity index (χ4v) is 2.68.